The molecule has 0 bridgehead atoms. The molecule has 0 saturated carbocycles. The van der Waals surface area contributed by atoms with E-state index in [9.17, 15) is 4.79 Å². The van der Waals surface area contributed by atoms with Crippen molar-refractivity contribution in [3.8, 4) is 5.75 Å². The largest absolute Gasteiger partial charge is 0.491 e. The molecule has 26 heavy (non-hydrogen) atoms. The molecule has 2 N–H and O–H groups in total. The Morgan fingerprint density at radius 2 is 1.96 bits per heavy atom. The lowest BCUT2D eigenvalue weighted by Crippen LogP contribution is -2.14. The Morgan fingerprint density at radius 3 is 2.58 bits per heavy atom. The van der Waals surface area contributed by atoms with Crippen LogP contribution in [0.1, 0.15) is 30.1 Å². The van der Waals surface area contributed by atoms with E-state index in [-0.39, 0.29) is 17.7 Å². The SMILES string of the molecule is CC(C)Oc1ccc(NC(=O)c2cnc(NCc3ccco3)cn2)cc1. The zero-order valence-electron chi connectivity index (χ0n) is 14.6. The third kappa shape index (κ3) is 4.83. The molecule has 0 aliphatic carbocycles. The van der Waals surface area contributed by atoms with Crippen molar-refractivity contribution in [3.63, 3.8) is 0 Å². The molecule has 3 aromatic rings. The first-order valence-electron chi connectivity index (χ1n) is 8.26. The molecule has 0 aliphatic heterocycles. The first-order chi connectivity index (χ1) is 12.6. The summed E-state index contributed by atoms with van der Waals surface area (Å²) in [6.45, 7) is 4.42. The maximum absolute atomic E-state index is 12.3. The van der Waals surface area contributed by atoms with Crippen molar-refractivity contribution in [2.24, 2.45) is 0 Å². The molecule has 2 aromatic heterocycles. The summed E-state index contributed by atoms with van der Waals surface area (Å²) < 4.78 is 10.8. The fourth-order valence-electron chi connectivity index (χ4n) is 2.21. The smallest absolute Gasteiger partial charge is 0.275 e. The van der Waals surface area contributed by atoms with E-state index in [1.165, 1.54) is 12.4 Å². The highest BCUT2D eigenvalue weighted by atomic mass is 16.5. The maximum Gasteiger partial charge on any atom is 0.275 e. The van der Waals surface area contributed by atoms with Crippen LogP contribution in [-0.4, -0.2) is 22.0 Å². The second kappa shape index (κ2) is 8.15. The summed E-state index contributed by atoms with van der Waals surface area (Å²) in [7, 11) is 0. The van der Waals surface area contributed by atoms with Crippen molar-refractivity contribution in [2.45, 2.75) is 26.5 Å². The van der Waals surface area contributed by atoms with Crippen LogP contribution in [0.3, 0.4) is 0 Å². The van der Waals surface area contributed by atoms with Crippen LogP contribution in [0.5, 0.6) is 5.75 Å². The Kier molecular flexibility index (Phi) is 5.48. The van der Waals surface area contributed by atoms with Gasteiger partial charge in [0.1, 0.15) is 23.0 Å². The number of furan rings is 1. The number of nitrogens with one attached hydrogen (secondary N) is 2. The van der Waals surface area contributed by atoms with Crippen molar-refractivity contribution in [3.05, 3.63) is 66.5 Å². The number of hydrogen-bond donors (Lipinski definition) is 2. The number of aromatic nitrogens is 2. The van der Waals surface area contributed by atoms with Gasteiger partial charge < -0.3 is 19.8 Å². The summed E-state index contributed by atoms with van der Waals surface area (Å²) in [5.41, 5.74) is 0.893. The lowest BCUT2D eigenvalue weighted by molar-refractivity contribution is 0.102. The van der Waals surface area contributed by atoms with Gasteiger partial charge in [-0.3, -0.25) is 4.79 Å². The maximum atomic E-state index is 12.3. The minimum Gasteiger partial charge on any atom is -0.491 e. The second-order valence-corrected chi connectivity index (χ2v) is 5.86. The molecule has 7 heteroatoms. The molecule has 0 radical (unpaired) electrons. The topological polar surface area (TPSA) is 89.3 Å². The summed E-state index contributed by atoms with van der Waals surface area (Å²) >= 11 is 0. The Hall–Kier alpha value is -3.35. The lowest BCUT2D eigenvalue weighted by atomic mass is 10.3. The first kappa shape index (κ1) is 17.5. The van der Waals surface area contributed by atoms with Crippen LogP contribution in [0.4, 0.5) is 11.5 Å². The van der Waals surface area contributed by atoms with Crippen LogP contribution in [-0.2, 0) is 6.54 Å². The molecule has 0 saturated heterocycles. The number of carbonyl (C=O) groups excluding carboxylic acids is 1. The molecular weight excluding hydrogens is 332 g/mol. The van der Waals surface area contributed by atoms with Crippen LogP contribution >= 0.6 is 0 Å². The van der Waals surface area contributed by atoms with E-state index < -0.39 is 0 Å². The van der Waals surface area contributed by atoms with Crippen LogP contribution in [0.2, 0.25) is 0 Å². The van der Waals surface area contributed by atoms with E-state index in [1.54, 1.807) is 18.4 Å². The van der Waals surface area contributed by atoms with Gasteiger partial charge in [-0.15, -0.1) is 0 Å². The third-order valence-electron chi connectivity index (χ3n) is 3.39. The summed E-state index contributed by atoms with van der Waals surface area (Å²) in [5, 5.41) is 5.85. The number of hydrogen-bond acceptors (Lipinski definition) is 6. The first-order valence-corrected chi connectivity index (χ1v) is 8.26. The fraction of sp³-hybridized carbons (Fsp3) is 0.211. The van der Waals surface area contributed by atoms with Crippen LogP contribution < -0.4 is 15.4 Å². The van der Waals surface area contributed by atoms with Crippen molar-refractivity contribution in [1.29, 1.82) is 0 Å². The number of ether oxygens (including phenoxy) is 1. The minimum absolute atomic E-state index is 0.102. The third-order valence-corrected chi connectivity index (χ3v) is 3.39. The standard InChI is InChI=1S/C19H20N4O3/c1-13(2)26-15-7-5-14(6-8-15)23-19(24)17-11-22-18(12-20-17)21-10-16-4-3-9-25-16/h3-9,11-13H,10H2,1-2H3,(H,21,22)(H,23,24). The highest BCUT2D eigenvalue weighted by Crippen LogP contribution is 2.17. The van der Waals surface area contributed by atoms with Gasteiger partial charge in [-0.1, -0.05) is 0 Å². The van der Waals surface area contributed by atoms with E-state index in [0.29, 0.717) is 18.1 Å². The fourth-order valence-corrected chi connectivity index (χ4v) is 2.21. The summed E-state index contributed by atoms with van der Waals surface area (Å²) in [6.07, 6.45) is 4.65. The number of nitrogens with zero attached hydrogens (tertiary/aromatic N) is 2. The second-order valence-electron chi connectivity index (χ2n) is 5.86. The summed E-state index contributed by atoms with van der Waals surface area (Å²) in [6, 6.07) is 10.9. The number of rotatable bonds is 7. The Labute approximate surface area is 151 Å². The highest BCUT2D eigenvalue weighted by molar-refractivity contribution is 6.02. The van der Waals surface area contributed by atoms with Crippen molar-refractivity contribution < 1.29 is 13.9 Å². The van der Waals surface area contributed by atoms with E-state index >= 15 is 0 Å². The molecular formula is C19H20N4O3. The van der Waals surface area contributed by atoms with Crippen molar-refractivity contribution in [1.82, 2.24) is 9.97 Å². The van der Waals surface area contributed by atoms with E-state index in [4.69, 9.17) is 9.15 Å². The normalized spacial score (nSPS) is 10.6. The predicted octanol–water partition coefficient (Wildman–Crippen LogP) is 3.72. The van der Waals surface area contributed by atoms with Gasteiger partial charge >= 0.3 is 0 Å². The summed E-state index contributed by atoms with van der Waals surface area (Å²) in [4.78, 5) is 20.6. The molecule has 0 aliphatic rings. The lowest BCUT2D eigenvalue weighted by Gasteiger charge is -2.10. The molecule has 3 rings (SSSR count). The Balaban J connectivity index is 1.55. The van der Waals surface area contributed by atoms with Crippen LogP contribution in [0, 0.1) is 0 Å². The Morgan fingerprint density at radius 1 is 1.15 bits per heavy atom. The van der Waals surface area contributed by atoms with Gasteiger partial charge in [0.05, 0.1) is 31.3 Å². The van der Waals surface area contributed by atoms with E-state index in [1.807, 2.05) is 38.1 Å². The quantitative estimate of drug-likeness (QED) is 0.674. The molecule has 0 spiro atoms. The molecule has 2 heterocycles. The number of benzene rings is 1. The van der Waals surface area contributed by atoms with Crippen molar-refractivity contribution in [2.75, 3.05) is 10.6 Å². The Bertz CT molecular complexity index is 828. The molecule has 0 unspecified atom stereocenters. The van der Waals surface area contributed by atoms with Gasteiger partial charge in [-0.25, -0.2) is 9.97 Å². The van der Waals surface area contributed by atoms with Crippen molar-refractivity contribution >= 4 is 17.4 Å². The molecule has 1 amide bonds. The van der Waals surface area contributed by atoms with Gasteiger partial charge in [0, 0.05) is 5.69 Å². The molecule has 7 nitrogen and oxygen atoms in total. The zero-order valence-corrected chi connectivity index (χ0v) is 14.6. The van der Waals surface area contributed by atoms with Gasteiger partial charge in [-0.2, -0.15) is 0 Å². The number of anilines is 2. The van der Waals surface area contributed by atoms with Gasteiger partial charge in [0.15, 0.2) is 0 Å². The van der Waals surface area contributed by atoms with Gasteiger partial charge in [0.2, 0.25) is 0 Å². The molecule has 0 atom stereocenters. The van der Waals surface area contributed by atoms with Crippen LogP contribution in [0.15, 0.2) is 59.5 Å². The number of amides is 1. The highest BCUT2D eigenvalue weighted by Gasteiger charge is 2.09. The molecule has 134 valence electrons. The monoisotopic (exact) mass is 352 g/mol. The van der Waals surface area contributed by atoms with Gasteiger partial charge in [0.25, 0.3) is 5.91 Å². The minimum atomic E-state index is -0.326. The molecule has 0 fully saturated rings. The zero-order chi connectivity index (χ0) is 18.4. The molecule has 1 aromatic carbocycles. The van der Waals surface area contributed by atoms with Crippen LogP contribution in [0.25, 0.3) is 0 Å². The number of carbonyl (C=O) groups is 1. The van der Waals surface area contributed by atoms with E-state index in [2.05, 4.69) is 20.6 Å². The predicted molar refractivity (Wildman–Crippen MR) is 98.2 cm³/mol. The van der Waals surface area contributed by atoms with E-state index in [0.717, 1.165) is 11.5 Å². The summed E-state index contributed by atoms with van der Waals surface area (Å²) in [5.74, 6) is 1.78. The average Bonchev–Trinajstić information content (AvgIpc) is 3.15. The average molecular weight is 352 g/mol. The van der Waals surface area contributed by atoms with Gasteiger partial charge in [-0.05, 0) is 50.2 Å².